The molecule has 0 atom stereocenters. The molecule has 1 amide bonds. The van der Waals surface area contributed by atoms with Crippen LogP contribution in [-0.4, -0.2) is 69.2 Å². The second-order valence-corrected chi connectivity index (χ2v) is 10.1. The third-order valence-electron chi connectivity index (χ3n) is 5.01. The van der Waals surface area contributed by atoms with Crippen LogP contribution in [0.5, 0.6) is 0 Å². The van der Waals surface area contributed by atoms with Crippen molar-refractivity contribution < 1.29 is 17.9 Å². The molecule has 0 bridgehead atoms. The van der Waals surface area contributed by atoms with Crippen LogP contribution in [-0.2, 0) is 25.8 Å². The van der Waals surface area contributed by atoms with Gasteiger partial charge in [-0.2, -0.15) is 5.10 Å². The summed E-state index contributed by atoms with van der Waals surface area (Å²) in [5.41, 5.74) is 1.75. The largest absolute Gasteiger partial charge is 0.378 e. The first-order valence-electron chi connectivity index (χ1n) is 10.3. The van der Waals surface area contributed by atoms with E-state index in [0.29, 0.717) is 32.1 Å². The van der Waals surface area contributed by atoms with E-state index in [4.69, 9.17) is 4.74 Å². The second kappa shape index (κ2) is 10.5. The lowest BCUT2D eigenvalue weighted by Crippen LogP contribution is -2.36. The van der Waals surface area contributed by atoms with Crippen molar-refractivity contribution in [3.8, 4) is 0 Å². The Morgan fingerprint density at radius 3 is 2.55 bits per heavy atom. The smallest absolute Gasteiger partial charge is 0.224 e. The van der Waals surface area contributed by atoms with Crippen molar-refractivity contribution in [1.29, 1.82) is 0 Å². The zero-order chi connectivity index (χ0) is 22.3. The van der Waals surface area contributed by atoms with E-state index in [1.807, 2.05) is 6.07 Å². The van der Waals surface area contributed by atoms with Crippen molar-refractivity contribution in [2.24, 2.45) is 0 Å². The van der Waals surface area contributed by atoms with Gasteiger partial charge in [-0.25, -0.2) is 8.42 Å². The minimum absolute atomic E-state index is 0.130. The average Bonchev–Trinajstić information content (AvgIpc) is 2.78. The van der Waals surface area contributed by atoms with Crippen LogP contribution in [0, 0.1) is 0 Å². The fourth-order valence-electron chi connectivity index (χ4n) is 3.15. The third-order valence-corrected chi connectivity index (χ3v) is 7.18. The average molecular weight is 448 g/mol. The summed E-state index contributed by atoms with van der Waals surface area (Å²) >= 11 is 0. The summed E-state index contributed by atoms with van der Waals surface area (Å²) in [7, 11) is -3.31. The van der Waals surface area contributed by atoms with Gasteiger partial charge in [-0.3, -0.25) is 4.79 Å². The van der Waals surface area contributed by atoms with Crippen molar-refractivity contribution in [3.63, 3.8) is 0 Å². The Morgan fingerprint density at radius 2 is 1.87 bits per heavy atom. The standard InChI is InChI=1S/C21H29N5O4S/c1-16(2)31(28,29)19-5-3-17(4-6-19)13-21(27)23-8-7-22-20-14-18(15-24-25-20)26-9-11-30-12-10-26/h3-6,14-16H,7-13H2,1-2H3,(H,22,25)(H,23,27). The highest BCUT2D eigenvalue weighted by Crippen LogP contribution is 2.18. The molecule has 2 N–H and O–H groups in total. The number of carbonyl (C=O) groups is 1. The molecule has 1 aliphatic heterocycles. The Morgan fingerprint density at radius 1 is 1.16 bits per heavy atom. The number of hydrogen-bond donors (Lipinski definition) is 2. The van der Waals surface area contributed by atoms with E-state index in [1.54, 1.807) is 44.3 Å². The number of anilines is 2. The zero-order valence-corrected chi connectivity index (χ0v) is 18.7. The lowest BCUT2D eigenvalue weighted by atomic mass is 10.1. The van der Waals surface area contributed by atoms with Crippen LogP contribution in [0.1, 0.15) is 19.4 Å². The van der Waals surface area contributed by atoms with Gasteiger partial charge in [0.25, 0.3) is 0 Å². The van der Waals surface area contributed by atoms with Crippen LogP contribution >= 0.6 is 0 Å². The number of sulfone groups is 1. The number of rotatable bonds is 9. The number of nitrogens with zero attached hydrogens (tertiary/aromatic N) is 3. The zero-order valence-electron chi connectivity index (χ0n) is 17.9. The van der Waals surface area contributed by atoms with Gasteiger partial charge < -0.3 is 20.3 Å². The highest BCUT2D eigenvalue weighted by Gasteiger charge is 2.19. The molecule has 1 aromatic heterocycles. The molecule has 1 aromatic carbocycles. The van der Waals surface area contributed by atoms with Gasteiger partial charge in [0.2, 0.25) is 5.91 Å². The topological polar surface area (TPSA) is 114 Å². The molecule has 0 radical (unpaired) electrons. The van der Waals surface area contributed by atoms with Gasteiger partial charge in [-0.15, -0.1) is 5.10 Å². The van der Waals surface area contributed by atoms with Gasteiger partial charge in [0.05, 0.1) is 41.7 Å². The van der Waals surface area contributed by atoms with E-state index in [2.05, 4.69) is 25.7 Å². The summed E-state index contributed by atoms with van der Waals surface area (Å²) in [4.78, 5) is 14.6. The molecule has 31 heavy (non-hydrogen) atoms. The highest BCUT2D eigenvalue weighted by molar-refractivity contribution is 7.92. The number of ether oxygens (including phenoxy) is 1. The van der Waals surface area contributed by atoms with Crippen molar-refractivity contribution in [3.05, 3.63) is 42.1 Å². The third kappa shape index (κ3) is 6.38. The number of nitrogens with one attached hydrogen (secondary N) is 2. The summed E-state index contributed by atoms with van der Waals surface area (Å²) in [5.74, 6) is 0.523. The molecule has 0 spiro atoms. The molecule has 1 fully saturated rings. The molecule has 3 rings (SSSR count). The van der Waals surface area contributed by atoms with Gasteiger partial charge in [-0.1, -0.05) is 12.1 Å². The van der Waals surface area contributed by atoms with Gasteiger partial charge in [-0.05, 0) is 31.5 Å². The number of aromatic nitrogens is 2. The Bertz CT molecular complexity index is 974. The summed E-state index contributed by atoms with van der Waals surface area (Å²) in [6, 6.07) is 8.41. The van der Waals surface area contributed by atoms with E-state index >= 15 is 0 Å². The summed E-state index contributed by atoms with van der Waals surface area (Å²) in [6.07, 6.45) is 1.92. The fourth-order valence-corrected chi connectivity index (χ4v) is 4.21. The van der Waals surface area contributed by atoms with Crippen molar-refractivity contribution in [2.75, 3.05) is 49.6 Å². The van der Waals surface area contributed by atoms with Gasteiger partial charge in [0, 0.05) is 32.2 Å². The predicted octanol–water partition coefficient (Wildman–Crippen LogP) is 1.27. The Balaban J connectivity index is 1.42. The molecule has 0 aliphatic carbocycles. The molecule has 0 unspecified atom stereocenters. The lowest BCUT2D eigenvalue weighted by Gasteiger charge is -2.28. The van der Waals surface area contributed by atoms with Gasteiger partial charge in [0.15, 0.2) is 15.7 Å². The highest BCUT2D eigenvalue weighted by atomic mass is 32.2. The van der Waals surface area contributed by atoms with Gasteiger partial charge in [0.1, 0.15) is 0 Å². The van der Waals surface area contributed by atoms with Crippen LogP contribution in [0.15, 0.2) is 41.4 Å². The maximum atomic E-state index is 12.2. The summed E-state index contributed by atoms with van der Waals surface area (Å²) in [5, 5.41) is 13.7. The van der Waals surface area contributed by atoms with Crippen LogP contribution in [0.3, 0.4) is 0 Å². The first kappa shape index (κ1) is 23.0. The van der Waals surface area contributed by atoms with E-state index in [1.165, 1.54) is 0 Å². The van der Waals surface area contributed by atoms with E-state index in [-0.39, 0.29) is 17.2 Å². The van der Waals surface area contributed by atoms with Crippen molar-refractivity contribution >= 4 is 27.2 Å². The molecule has 10 heteroatoms. The fraction of sp³-hybridized carbons (Fsp3) is 0.476. The Kier molecular flexibility index (Phi) is 7.80. The van der Waals surface area contributed by atoms with Gasteiger partial charge >= 0.3 is 0 Å². The minimum atomic E-state index is -3.31. The molecule has 1 saturated heterocycles. The minimum Gasteiger partial charge on any atom is -0.378 e. The number of carbonyl (C=O) groups excluding carboxylic acids is 1. The number of benzene rings is 1. The van der Waals surface area contributed by atoms with E-state index in [0.717, 1.165) is 24.3 Å². The molecule has 9 nitrogen and oxygen atoms in total. The van der Waals surface area contributed by atoms with Crippen LogP contribution in [0.4, 0.5) is 11.5 Å². The number of amides is 1. The molecule has 2 aromatic rings. The second-order valence-electron chi connectivity index (χ2n) is 7.59. The Labute approximate surface area is 183 Å². The first-order chi connectivity index (χ1) is 14.9. The monoisotopic (exact) mass is 447 g/mol. The van der Waals surface area contributed by atoms with E-state index in [9.17, 15) is 13.2 Å². The maximum Gasteiger partial charge on any atom is 0.224 e. The quantitative estimate of drug-likeness (QED) is 0.553. The van der Waals surface area contributed by atoms with Crippen LogP contribution in [0.2, 0.25) is 0 Å². The first-order valence-corrected chi connectivity index (χ1v) is 11.9. The normalized spacial score (nSPS) is 14.5. The summed E-state index contributed by atoms with van der Waals surface area (Å²) < 4.78 is 29.7. The lowest BCUT2D eigenvalue weighted by molar-refractivity contribution is -0.120. The molecular formula is C21H29N5O4S. The predicted molar refractivity (Wildman–Crippen MR) is 119 cm³/mol. The SMILES string of the molecule is CC(C)S(=O)(=O)c1ccc(CC(=O)NCCNc2cc(N3CCOCC3)cnn2)cc1. The van der Waals surface area contributed by atoms with Crippen molar-refractivity contribution in [2.45, 2.75) is 30.4 Å². The number of morpholine rings is 1. The molecule has 1 aliphatic rings. The van der Waals surface area contributed by atoms with E-state index < -0.39 is 15.1 Å². The molecule has 2 heterocycles. The Hall–Kier alpha value is -2.72. The number of hydrogen-bond acceptors (Lipinski definition) is 8. The molecule has 0 saturated carbocycles. The maximum absolute atomic E-state index is 12.2. The van der Waals surface area contributed by atoms with Crippen LogP contribution < -0.4 is 15.5 Å². The van der Waals surface area contributed by atoms with Crippen LogP contribution in [0.25, 0.3) is 0 Å². The summed E-state index contributed by atoms with van der Waals surface area (Å²) in [6.45, 7) is 7.29. The molecular weight excluding hydrogens is 418 g/mol. The van der Waals surface area contributed by atoms with Crippen molar-refractivity contribution in [1.82, 2.24) is 15.5 Å². The molecule has 168 valence electrons.